The Morgan fingerprint density at radius 3 is 2.18 bits per heavy atom. The highest BCUT2D eigenvalue weighted by atomic mass is 32.2. The smallest absolute Gasteiger partial charge is 0.403 e. The van der Waals surface area contributed by atoms with E-state index in [1.807, 2.05) is 6.92 Å². The molecule has 1 aliphatic rings. The number of fused-ring (bicyclic) bond motifs is 1. The summed E-state index contributed by atoms with van der Waals surface area (Å²) in [6.07, 6.45) is -4.20. The second-order valence-corrected chi connectivity index (χ2v) is 9.32. The summed E-state index contributed by atoms with van der Waals surface area (Å²) in [6, 6.07) is 15.8. The Balaban J connectivity index is 1.70. The fourth-order valence-electron chi connectivity index (χ4n) is 3.69. The van der Waals surface area contributed by atoms with Crippen molar-refractivity contribution in [3.8, 4) is 11.5 Å². The molecule has 33 heavy (non-hydrogen) atoms. The normalized spacial score (nSPS) is 18.0. The Morgan fingerprint density at radius 2 is 1.58 bits per heavy atom. The third-order valence-corrected chi connectivity index (χ3v) is 6.83. The van der Waals surface area contributed by atoms with Gasteiger partial charge >= 0.3 is 16.3 Å². The zero-order chi connectivity index (χ0) is 23.9. The van der Waals surface area contributed by atoms with Crippen LogP contribution in [0.1, 0.15) is 16.7 Å². The third-order valence-electron chi connectivity index (χ3n) is 5.57. The number of alkyl halides is 3. The topological polar surface area (TPSA) is 65.0 Å². The SMILES string of the molecule is COc1ccc([C@@]2(C(F)(F)F)C=Nc3ccc(OS(=O)(=O)c4ccc(C)cc4)cc3C2)cc1. The first-order chi connectivity index (χ1) is 15.5. The minimum absolute atomic E-state index is 0.00352. The number of halogens is 3. The molecule has 0 fully saturated rings. The van der Waals surface area contributed by atoms with Crippen LogP contribution in [0.3, 0.4) is 0 Å². The molecule has 0 aliphatic carbocycles. The molecule has 172 valence electrons. The molecule has 0 bridgehead atoms. The van der Waals surface area contributed by atoms with Crippen LogP contribution >= 0.6 is 0 Å². The predicted octanol–water partition coefficient (Wildman–Crippen LogP) is 5.53. The maximum Gasteiger partial charge on any atom is 0.403 e. The predicted molar refractivity (Wildman–Crippen MR) is 118 cm³/mol. The maximum absolute atomic E-state index is 14.3. The number of ether oxygens (including phenoxy) is 1. The number of aryl methyl sites for hydroxylation is 1. The monoisotopic (exact) mass is 475 g/mol. The number of hydrogen-bond acceptors (Lipinski definition) is 5. The van der Waals surface area contributed by atoms with Gasteiger partial charge in [-0.25, -0.2) is 0 Å². The molecule has 3 aromatic rings. The van der Waals surface area contributed by atoms with Crippen molar-refractivity contribution in [1.29, 1.82) is 0 Å². The molecule has 9 heteroatoms. The van der Waals surface area contributed by atoms with E-state index in [4.69, 9.17) is 8.92 Å². The number of hydrogen-bond donors (Lipinski definition) is 0. The van der Waals surface area contributed by atoms with Gasteiger partial charge in [-0.2, -0.15) is 21.6 Å². The lowest BCUT2D eigenvalue weighted by Crippen LogP contribution is -2.47. The highest BCUT2D eigenvalue weighted by Gasteiger charge is 2.56. The van der Waals surface area contributed by atoms with Gasteiger partial charge in [0.2, 0.25) is 0 Å². The highest BCUT2D eigenvalue weighted by Crippen LogP contribution is 2.47. The van der Waals surface area contributed by atoms with Crippen molar-refractivity contribution in [2.24, 2.45) is 4.99 Å². The van der Waals surface area contributed by atoms with Crippen molar-refractivity contribution in [2.45, 2.75) is 29.8 Å². The van der Waals surface area contributed by atoms with Gasteiger partial charge in [-0.3, -0.25) is 4.99 Å². The average Bonchev–Trinajstić information content (AvgIpc) is 2.78. The van der Waals surface area contributed by atoms with Crippen LogP contribution in [0.2, 0.25) is 0 Å². The van der Waals surface area contributed by atoms with Gasteiger partial charge in [0.15, 0.2) is 0 Å². The lowest BCUT2D eigenvalue weighted by molar-refractivity contribution is -0.168. The van der Waals surface area contributed by atoms with Crippen LogP contribution < -0.4 is 8.92 Å². The molecule has 0 unspecified atom stereocenters. The van der Waals surface area contributed by atoms with Gasteiger partial charge in [-0.05, 0) is 66.9 Å². The van der Waals surface area contributed by atoms with E-state index in [0.29, 0.717) is 11.4 Å². The molecule has 0 N–H and O–H groups in total. The molecule has 1 heterocycles. The Hall–Kier alpha value is -3.33. The van der Waals surface area contributed by atoms with Crippen LogP contribution in [-0.2, 0) is 22.0 Å². The van der Waals surface area contributed by atoms with Crippen LogP contribution in [-0.4, -0.2) is 27.9 Å². The Morgan fingerprint density at radius 1 is 0.939 bits per heavy atom. The van der Waals surface area contributed by atoms with E-state index in [1.165, 1.54) is 61.7 Å². The van der Waals surface area contributed by atoms with Gasteiger partial charge in [-0.1, -0.05) is 29.8 Å². The summed E-state index contributed by atoms with van der Waals surface area (Å²) >= 11 is 0. The van der Waals surface area contributed by atoms with Crippen molar-refractivity contribution in [2.75, 3.05) is 7.11 Å². The van der Waals surface area contributed by atoms with E-state index in [9.17, 15) is 21.6 Å². The summed E-state index contributed by atoms with van der Waals surface area (Å²) in [5.41, 5.74) is -0.946. The molecule has 0 aromatic heterocycles. The summed E-state index contributed by atoms with van der Waals surface area (Å²) < 4.78 is 78.5. The molecule has 0 saturated heterocycles. The lowest BCUT2D eigenvalue weighted by Gasteiger charge is -2.35. The molecule has 1 aliphatic heterocycles. The lowest BCUT2D eigenvalue weighted by atomic mass is 9.74. The first-order valence-corrected chi connectivity index (χ1v) is 11.4. The van der Waals surface area contributed by atoms with Crippen molar-refractivity contribution >= 4 is 22.0 Å². The zero-order valence-electron chi connectivity index (χ0n) is 17.8. The van der Waals surface area contributed by atoms with E-state index >= 15 is 0 Å². The van der Waals surface area contributed by atoms with Crippen LogP contribution in [0.5, 0.6) is 11.5 Å². The Kier molecular flexibility index (Phi) is 5.69. The van der Waals surface area contributed by atoms with Crippen LogP contribution in [0, 0.1) is 6.92 Å². The zero-order valence-corrected chi connectivity index (χ0v) is 18.6. The minimum atomic E-state index is -4.65. The van der Waals surface area contributed by atoms with Gasteiger partial charge in [0.25, 0.3) is 0 Å². The molecule has 3 aromatic carbocycles. The molecular weight excluding hydrogens is 455 g/mol. The average molecular weight is 475 g/mol. The first-order valence-electron chi connectivity index (χ1n) is 9.95. The molecule has 0 saturated carbocycles. The van der Waals surface area contributed by atoms with Crippen molar-refractivity contribution in [1.82, 2.24) is 0 Å². The summed E-state index contributed by atoms with van der Waals surface area (Å²) in [7, 11) is -2.72. The summed E-state index contributed by atoms with van der Waals surface area (Å²) in [5, 5.41) is 0. The summed E-state index contributed by atoms with van der Waals surface area (Å²) in [4.78, 5) is 4.01. The van der Waals surface area contributed by atoms with Crippen molar-refractivity contribution < 1.29 is 30.5 Å². The van der Waals surface area contributed by atoms with E-state index in [-0.39, 0.29) is 21.8 Å². The summed E-state index contributed by atoms with van der Waals surface area (Å²) in [5.74, 6) is 0.346. The number of nitrogens with zero attached hydrogens (tertiary/aromatic N) is 1. The van der Waals surface area contributed by atoms with E-state index in [2.05, 4.69) is 4.99 Å². The number of aliphatic imine (C=N–C) groups is 1. The fraction of sp³-hybridized carbons (Fsp3) is 0.208. The van der Waals surface area contributed by atoms with Crippen molar-refractivity contribution in [3.05, 3.63) is 83.4 Å². The van der Waals surface area contributed by atoms with E-state index < -0.39 is 28.1 Å². The molecule has 5 nitrogen and oxygen atoms in total. The Labute approximate surface area is 189 Å². The third kappa shape index (κ3) is 4.32. The molecule has 1 atom stereocenters. The first kappa shape index (κ1) is 22.8. The van der Waals surface area contributed by atoms with Gasteiger partial charge < -0.3 is 8.92 Å². The van der Waals surface area contributed by atoms with Gasteiger partial charge in [-0.15, -0.1) is 0 Å². The van der Waals surface area contributed by atoms with E-state index in [0.717, 1.165) is 11.8 Å². The Bertz CT molecular complexity index is 1300. The van der Waals surface area contributed by atoms with Crippen LogP contribution in [0.4, 0.5) is 18.9 Å². The largest absolute Gasteiger partial charge is 0.497 e. The number of rotatable bonds is 5. The number of methoxy groups -OCH3 is 1. The van der Waals surface area contributed by atoms with Gasteiger partial charge in [0.05, 0.1) is 12.8 Å². The standard InChI is InChI=1S/C24H20F3NO4S/c1-16-3-10-21(11-4-16)33(29,30)32-20-9-12-22-17(13-20)14-23(15-28-22,24(25,26)27)18-5-7-19(31-2)8-6-18/h3-13,15H,14H2,1-2H3/t23-/m0/s1. The molecular formula is C24H20F3NO4S. The molecule has 0 amide bonds. The van der Waals surface area contributed by atoms with Crippen LogP contribution in [0.25, 0.3) is 0 Å². The molecule has 0 radical (unpaired) electrons. The van der Waals surface area contributed by atoms with Crippen molar-refractivity contribution in [3.63, 3.8) is 0 Å². The fourth-order valence-corrected chi connectivity index (χ4v) is 4.61. The highest BCUT2D eigenvalue weighted by molar-refractivity contribution is 7.87. The quantitative estimate of drug-likeness (QED) is 0.455. The minimum Gasteiger partial charge on any atom is -0.497 e. The number of benzene rings is 3. The second-order valence-electron chi connectivity index (χ2n) is 7.77. The summed E-state index contributed by atoms with van der Waals surface area (Å²) in [6.45, 7) is 1.82. The second kappa shape index (κ2) is 8.22. The van der Waals surface area contributed by atoms with Gasteiger partial charge in [0, 0.05) is 6.21 Å². The maximum atomic E-state index is 14.3. The van der Waals surface area contributed by atoms with E-state index in [1.54, 1.807) is 12.1 Å². The molecule has 0 spiro atoms. The molecule has 4 rings (SSSR count). The van der Waals surface area contributed by atoms with Crippen LogP contribution in [0.15, 0.2) is 76.6 Å². The van der Waals surface area contributed by atoms with Gasteiger partial charge in [0.1, 0.15) is 21.8 Å².